The van der Waals surface area contributed by atoms with Crippen molar-refractivity contribution in [3.63, 3.8) is 0 Å². The molecule has 6 nitrogen and oxygen atoms in total. The first-order valence-corrected chi connectivity index (χ1v) is 6.58. The number of phenols is 1. The fourth-order valence-corrected chi connectivity index (χ4v) is 1.60. The molecule has 0 atom stereocenters. The molecular formula is C16H15NO5. The Kier molecular flexibility index (Phi) is 5.37. The van der Waals surface area contributed by atoms with Gasteiger partial charge in [-0.15, -0.1) is 0 Å². The predicted octanol–water partition coefficient (Wildman–Crippen LogP) is 2.22. The molecule has 0 fully saturated rings. The second kappa shape index (κ2) is 7.68. The largest absolute Gasteiger partial charge is 0.508 e. The van der Waals surface area contributed by atoms with Crippen molar-refractivity contribution in [1.29, 1.82) is 0 Å². The summed E-state index contributed by atoms with van der Waals surface area (Å²) >= 11 is 0. The minimum absolute atomic E-state index is 0.0717. The average Bonchev–Trinajstić information content (AvgIpc) is 2.54. The van der Waals surface area contributed by atoms with Gasteiger partial charge in [0.2, 0.25) is 0 Å². The van der Waals surface area contributed by atoms with Gasteiger partial charge in [0.1, 0.15) is 24.7 Å². The van der Waals surface area contributed by atoms with Crippen molar-refractivity contribution in [3.05, 3.63) is 60.2 Å². The van der Waals surface area contributed by atoms with Crippen LogP contribution in [0.2, 0.25) is 0 Å². The molecule has 0 unspecified atom stereocenters. The van der Waals surface area contributed by atoms with Crippen molar-refractivity contribution >= 4 is 12.1 Å². The number of alkyl carbamates (subject to hydrolysis) is 1. The molecule has 0 bridgehead atoms. The molecule has 22 heavy (non-hydrogen) atoms. The van der Waals surface area contributed by atoms with Crippen LogP contribution in [0.5, 0.6) is 11.5 Å². The van der Waals surface area contributed by atoms with Gasteiger partial charge in [-0.05, 0) is 29.8 Å². The van der Waals surface area contributed by atoms with Gasteiger partial charge < -0.3 is 19.9 Å². The zero-order valence-corrected chi connectivity index (χ0v) is 11.7. The molecule has 0 radical (unpaired) electrons. The van der Waals surface area contributed by atoms with Gasteiger partial charge in [-0.1, -0.05) is 30.3 Å². The van der Waals surface area contributed by atoms with E-state index in [2.05, 4.69) is 5.32 Å². The van der Waals surface area contributed by atoms with Crippen LogP contribution in [0.3, 0.4) is 0 Å². The van der Waals surface area contributed by atoms with Crippen molar-refractivity contribution in [2.45, 2.75) is 6.61 Å². The molecule has 0 heterocycles. The highest BCUT2D eigenvalue weighted by molar-refractivity contribution is 5.79. The Morgan fingerprint density at radius 3 is 2.36 bits per heavy atom. The number of carbonyl (C=O) groups is 2. The van der Waals surface area contributed by atoms with Gasteiger partial charge in [0.05, 0.1) is 0 Å². The van der Waals surface area contributed by atoms with Crippen molar-refractivity contribution in [1.82, 2.24) is 5.32 Å². The number of nitrogens with one attached hydrogen (secondary N) is 1. The van der Waals surface area contributed by atoms with Crippen LogP contribution < -0.4 is 10.1 Å². The summed E-state index contributed by atoms with van der Waals surface area (Å²) in [6.45, 7) is -0.186. The first-order chi connectivity index (χ1) is 10.6. The number of hydrogen-bond acceptors (Lipinski definition) is 5. The van der Waals surface area contributed by atoms with Crippen LogP contribution >= 0.6 is 0 Å². The number of amides is 1. The number of aromatic hydroxyl groups is 1. The average molecular weight is 301 g/mol. The van der Waals surface area contributed by atoms with E-state index < -0.39 is 12.1 Å². The van der Waals surface area contributed by atoms with Crippen LogP contribution in [0, 0.1) is 0 Å². The van der Waals surface area contributed by atoms with E-state index in [-0.39, 0.29) is 24.7 Å². The third kappa shape index (κ3) is 5.16. The van der Waals surface area contributed by atoms with Crippen molar-refractivity contribution < 1.29 is 24.2 Å². The summed E-state index contributed by atoms with van der Waals surface area (Å²) in [4.78, 5) is 23.0. The van der Waals surface area contributed by atoms with E-state index in [0.29, 0.717) is 0 Å². The molecule has 1 amide bonds. The molecule has 0 aliphatic heterocycles. The van der Waals surface area contributed by atoms with Crippen molar-refractivity contribution in [2.24, 2.45) is 0 Å². The summed E-state index contributed by atoms with van der Waals surface area (Å²) in [6.07, 6.45) is -0.702. The van der Waals surface area contributed by atoms with Crippen molar-refractivity contribution in [2.75, 3.05) is 6.54 Å². The van der Waals surface area contributed by atoms with Gasteiger partial charge in [-0.3, -0.25) is 0 Å². The maximum atomic E-state index is 11.5. The number of phenolic OH excluding ortho intramolecular Hbond substituents is 1. The molecule has 6 heteroatoms. The fourth-order valence-electron chi connectivity index (χ4n) is 1.60. The van der Waals surface area contributed by atoms with E-state index in [1.165, 1.54) is 24.3 Å². The Balaban J connectivity index is 1.69. The molecule has 0 aliphatic rings. The zero-order valence-electron chi connectivity index (χ0n) is 11.7. The molecule has 0 saturated carbocycles. The van der Waals surface area contributed by atoms with Crippen LogP contribution in [-0.2, 0) is 16.1 Å². The summed E-state index contributed by atoms with van der Waals surface area (Å²) in [6, 6.07) is 14.9. The molecule has 2 aromatic rings. The number of hydrogen-bond donors (Lipinski definition) is 2. The lowest BCUT2D eigenvalue weighted by molar-refractivity contribution is -0.133. The first kappa shape index (κ1) is 15.4. The van der Waals surface area contributed by atoms with E-state index in [1.807, 2.05) is 30.3 Å². The van der Waals surface area contributed by atoms with Crippen LogP contribution in [0.15, 0.2) is 54.6 Å². The van der Waals surface area contributed by atoms with Gasteiger partial charge in [-0.2, -0.15) is 0 Å². The van der Waals surface area contributed by atoms with Gasteiger partial charge >= 0.3 is 12.1 Å². The molecular weight excluding hydrogens is 286 g/mol. The molecule has 0 aliphatic carbocycles. The van der Waals surface area contributed by atoms with Gasteiger partial charge in [-0.25, -0.2) is 9.59 Å². The quantitative estimate of drug-likeness (QED) is 0.653. The maximum absolute atomic E-state index is 11.5. The molecule has 2 N–H and O–H groups in total. The second-order valence-electron chi connectivity index (χ2n) is 4.38. The SMILES string of the molecule is O=C(CNC(=O)OCc1ccccc1)Oc1ccc(O)cc1. The minimum atomic E-state index is -0.702. The zero-order chi connectivity index (χ0) is 15.8. The van der Waals surface area contributed by atoms with E-state index in [1.54, 1.807) is 0 Å². The molecule has 0 spiro atoms. The van der Waals surface area contributed by atoms with E-state index >= 15 is 0 Å². The Morgan fingerprint density at radius 2 is 1.68 bits per heavy atom. The van der Waals surface area contributed by atoms with E-state index in [4.69, 9.17) is 14.6 Å². The van der Waals surface area contributed by atoms with Crippen LogP contribution in [0.25, 0.3) is 0 Å². The van der Waals surface area contributed by atoms with Crippen LogP contribution in [-0.4, -0.2) is 23.7 Å². The van der Waals surface area contributed by atoms with Gasteiger partial charge in [0.15, 0.2) is 0 Å². The number of carbonyl (C=O) groups excluding carboxylic acids is 2. The van der Waals surface area contributed by atoms with Crippen LogP contribution in [0.4, 0.5) is 4.79 Å². The lowest BCUT2D eigenvalue weighted by atomic mass is 10.2. The molecule has 0 aromatic heterocycles. The molecule has 114 valence electrons. The maximum Gasteiger partial charge on any atom is 0.407 e. The summed E-state index contributed by atoms with van der Waals surface area (Å²) < 4.78 is 9.92. The Bertz CT molecular complexity index is 625. The Hall–Kier alpha value is -3.02. The topological polar surface area (TPSA) is 84.9 Å². The number of ether oxygens (including phenoxy) is 2. The molecule has 0 saturated heterocycles. The number of rotatable bonds is 5. The Labute approximate surface area is 127 Å². The number of esters is 1. The summed E-state index contributed by atoms with van der Waals surface area (Å²) in [5.41, 5.74) is 0.851. The smallest absolute Gasteiger partial charge is 0.407 e. The van der Waals surface area contributed by atoms with Gasteiger partial charge in [0, 0.05) is 0 Å². The minimum Gasteiger partial charge on any atom is -0.508 e. The highest BCUT2D eigenvalue weighted by Gasteiger charge is 2.08. The summed E-state index contributed by atoms with van der Waals surface area (Å²) in [5, 5.41) is 11.4. The normalized spacial score (nSPS) is 9.82. The Morgan fingerprint density at radius 1 is 1.00 bits per heavy atom. The van der Waals surface area contributed by atoms with Gasteiger partial charge in [0.25, 0.3) is 0 Å². The van der Waals surface area contributed by atoms with E-state index in [9.17, 15) is 9.59 Å². The van der Waals surface area contributed by atoms with E-state index in [0.717, 1.165) is 5.56 Å². The lowest BCUT2D eigenvalue weighted by Crippen LogP contribution is -2.32. The fraction of sp³-hybridized carbons (Fsp3) is 0.125. The predicted molar refractivity (Wildman–Crippen MR) is 78.4 cm³/mol. The van der Waals surface area contributed by atoms with Crippen molar-refractivity contribution in [3.8, 4) is 11.5 Å². The summed E-state index contributed by atoms with van der Waals surface area (Å²) in [5.74, 6) is -0.285. The highest BCUT2D eigenvalue weighted by Crippen LogP contribution is 2.15. The molecule has 2 aromatic carbocycles. The first-order valence-electron chi connectivity index (χ1n) is 6.58. The monoisotopic (exact) mass is 301 g/mol. The standard InChI is InChI=1S/C16H15NO5/c18-13-6-8-14(9-7-13)22-15(19)10-17-16(20)21-11-12-4-2-1-3-5-12/h1-9,18H,10-11H2,(H,17,20). The second-order valence-corrected chi connectivity index (χ2v) is 4.38. The number of benzene rings is 2. The summed E-state index contributed by atoms with van der Waals surface area (Å²) in [7, 11) is 0. The van der Waals surface area contributed by atoms with Crippen LogP contribution in [0.1, 0.15) is 5.56 Å². The third-order valence-electron chi connectivity index (χ3n) is 2.66. The highest BCUT2D eigenvalue weighted by atomic mass is 16.6. The molecule has 2 rings (SSSR count). The lowest BCUT2D eigenvalue weighted by Gasteiger charge is -2.07. The third-order valence-corrected chi connectivity index (χ3v) is 2.66.